The molecule has 0 radical (unpaired) electrons. The molecule has 0 saturated carbocycles. The Morgan fingerprint density at radius 1 is 1.56 bits per heavy atom. The molecule has 0 amide bonds. The van der Waals surface area contributed by atoms with Crippen LogP contribution in [0.25, 0.3) is 0 Å². The molecule has 16 heavy (non-hydrogen) atoms. The zero-order valence-electron chi connectivity index (χ0n) is 8.83. The fourth-order valence-corrected chi connectivity index (χ4v) is 1.69. The molecule has 1 aromatic rings. The summed E-state index contributed by atoms with van der Waals surface area (Å²) in [5, 5.41) is 2.85. The first-order chi connectivity index (χ1) is 7.63. The lowest BCUT2D eigenvalue weighted by atomic mass is 10.2. The van der Waals surface area contributed by atoms with Gasteiger partial charge in [0, 0.05) is 10.0 Å². The van der Waals surface area contributed by atoms with Gasteiger partial charge in [0.25, 0.3) is 0 Å². The minimum Gasteiger partial charge on any atom is -0.465 e. The van der Waals surface area contributed by atoms with Crippen molar-refractivity contribution in [1.82, 2.24) is 5.32 Å². The van der Waals surface area contributed by atoms with E-state index in [-0.39, 0.29) is 12.5 Å². The topological polar surface area (TPSA) is 38.3 Å². The normalized spacial score (nSPS) is 9.62. The van der Waals surface area contributed by atoms with Crippen LogP contribution in [0, 0.1) is 0 Å². The van der Waals surface area contributed by atoms with Crippen molar-refractivity contribution in [2.45, 2.75) is 6.92 Å². The molecule has 0 spiro atoms. The molecule has 0 fully saturated rings. The van der Waals surface area contributed by atoms with E-state index in [1.165, 1.54) is 0 Å². The van der Waals surface area contributed by atoms with Crippen molar-refractivity contribution >= 4 is 39.1 Å². The van der Waals surface area contributed by atoms with Gasteiger partial charge in [0.15, 0.2) is 0 Å². The van der Waals surface area contributed by atoms with Crippen molar-refractivity contribution in [2.75, 3.05) is 13.2 Å². The van der Waals surface area contributed by atoms with Gasteiger partial charge in [-0.25, -0.2) is 0 Å². The lowest BCUT2D eigenvalue weighted by Gasteiger charge is -2.07. The number of carbonyl (C=O) groups excluding carboxylic acids is 1. The van der Waals surface area contributed by atoms with E-state index in [4.69, 9.17) is 17.0 Å². The lowest BCUT2D eigenvalue weighted by molar-refractivity contribution is -0.141. The summed E-state index contributed by atoms with van der Waals surface area (Å²) >= 11 is 8.50. The maximum absolute atomic E-state index is 11.1. The summed E-state index contributed by atoms with van der Waals surface area (Å²) in [6.07, 6.45) is 0. The van der Waals surface area contributed by atoms with Gasteiger partial charge >= 0.3 is 5.97 Å². The fraction of sp³-hybridized carbons (Fsp3) is 0.273. The molecule has 0 saturated heterocycles. The zero-order chi connectivity index (χ0) is 12.0. The number of thiocarbonyl (C=S) groups is 1. The van der Waals surface area contributed by atoms with E-state index in [0.29, 0.717) is 11.6 Å². The van der Waals surface area contributed by atoms with Gasteiger partial charge in [-0.15, -0.1) is 0 Å². The molecule has 0 unspecified atom stereocenters. The molecule has 5 heteroatoms. The summed E-state index contributed by atoms with van der Waals surface area (Å²) in [5.74, 6) is -0.306. The maximum Gasteiger partial charge on any atom is 0.325 e. The van der Waals surface area contributed by atoms with E-state index in [0.717, 1.165) is 10.0 Å². The number of carbonyl (C=O) groups is 1. The Bertz CT molecular complexity index is 395. The minimum absolute atomic E-state index is 0.0964. The summed E-state index contributed by atoms with van der Waals surface area (Å²) in [7, 11) is 0. The third-order valence-corrected chi connectivity index (χ3v) is 2.66. The summed E-state index contributed by atoms with van der Waals surface area (Å²) in [6.45, 7) is 2.24. The van der Waals surface area contributed by atoms with Crippen LogP contribution in [-0.4, -0.2) is 24.1 Å². The van der Waals surface area contributed by atoms with Crippen molar-refractivity contribution in [2.24, 2.45) is 0 Å². The summed E-state index contributed by atoms with van der Waals surface area (Å²) in [6, 6.07) is 7.57. The van der Waals surface area contributed by atoms with Crippen LogP contribution < -0.4 is 5.32 Å². The Balaban J connectivity index is 2.50. The molecule has 1 N–H and O–H groups in total. The predicted molar refractivity (Wildman–Crippen MR) is 70.5 cm³/mol. The lowest BCUT2D eigenvalue weighted by Crippen LogP contribution is -2.29. The third kappa shape index (κ3) is 4.28. The molecule has 0 aromatic heterocycles. The van der Waals surface area contributed by atoms with Crippen molar-refractivity contribution in [1.29, 1.82) is 0 Å². The predicted octanol–water partition coefficient (Wildman–Crippen LogP) is 2.28. The highest BCUT2D eigenvalue weighted by atomic mass is 79.9. The molecule has 3 nitrogen and oxygen atoms in total. The Morgan fingerprint density at radius 2 is 2.31 bits per heavy atom. The minimum atomic E-state index is -0.306. The molecule has 86 valence electrons. The SMILES string of the molecule is CCOC(=O)CNC(=S)c1cccc(Br)c1. The molecule has 0 atom stereocenters. The largest absolute Gasteiger partial charge is 0.465 e. The smallest absolute Gasteiger partial charge is 0.325 e. The van der Waals surface area contributed by atoms with Crippen molar-refractivity contribution in [3.05, 3.63) is 34.3 Å². The summed E-state index contributed by atoms with van der Waals surface area (Å²) in [5.41, 5.74) is 0.869. The molecule has 0 heterocycles. The first-order valence-corrected chi connectivity index (χ1v) is 6.03. The first-order valence-electron chi connectivity index (χ1n) is 4.83. The maximum atomic E-state index is 11.1. The van der Waals surface area contributed by atoms with E-state index in [2.05, 4.69) is 21.2 Å². The number of nitrogens with one attached hydrogen (secondary N) is 1. The number of benzene rings is 1. The molecule has 0 aliphatic carbocycles. The van der Waals surface area contributed by atoms with Crippen LogP contribution in [0.3, 0.4) is 0 Å². The van der Waals surface area contributed by atoms with Gasteiger partial charge in [0.05, 0.1) is 6.61 Å². The first kappa shape index (κ1) is 13.1. The third-order valence-electron chi connectivity index (χ3n) is 1.79. The van der Waals surface area contributed by atoms with E-state index in [1.807, 2.05) is 24.3 Å². The molecule has 0 aliphatic rings. The van der Waals surface area contributed by atoms with Gasteiger partial charge in [-0.3, -0.25) is 4.79 Å². The summed E-state index contributed by atoms with van der Waals surface area (Å²) < 4.78 is 5.73. The standard InChI is InChI=1S/C11H12BrNO2S/c1-2-15-10(14)7-13-11(16)8-4-3-5-9(12)6-8/h3-6H,2,7H2,1H3,(H,13,16). The second kappa shape index (κ2) is 6.60. The number of hydrogen-bond donors (Lipinski definition) is 1. The molecular weight excluding hydrogens is 290 g/mol. The van der Waals surface area contributed by atoms with Crippen LogP contribution in [0.4, 0.5) is 0 Å². The van der Waals surface area contributed by atoms with Gasteiger partial charge in [0.2, 0.25) is 0 Å². The fourth-order valence-electron chi connectivity index (χ4n) is 1.10. The van der Waals surface area contributed by atoms with Gasteiger partial charge in [-0.2, -0.15) is 0 Å². The monoisotopic (exact) mass is 301 g/mol. The second-order valence-electron chi connectivity index (χ2n) is 3.00. The Kier molecular flexibility index (Phi) is 5.42. The van der Waals surface area contributed by atoms with Gasteiger partial charge < -0.3 is 10.1 Å². The van der Waals surface area contributed by atoms with Crippen LogP contribution in [0.15, 0.2) is 28.7 Å². The Morgan fingerprint density at radius 3 is 2.94 bits per heavy atom. The number of esters is 1. The highest BCUT2D eigenvalue weighted by Crippen LogP contribution is 2.11. The highest BCUT2D eigenvalue weighted by Gasteiger charge is 2.05. The molecule has 0 bridgehead atoms. The molecular formula is C11H12BrNO2S. The van der Waals surface area contributed by atoms with Crippen LogP contribution in [0.1, 0.15) is 12.5 Å². The molecule has 1 aromatic carbocycles. The van der Waals surface area contributed by atoms with E-state index in [1.54, 1.807) is 6.92 Å². The summed E-state index contributed by atoms with van der Waals surface area (Å²) in [4.78, 5) is 11.6. The highest BCUT2D eigenvalue weighted by molar-refractivity contribution is 9.10. The van der Waals surface area contributed by atoms with Crippen molar-refractivity contribution in [3.63, 3.8) is 0 Å². The average molecular weight is 302 g/mol. The number of halogens is 1. The van der Waals surface area contributed by atoms with E-state index < -0.39 is 0 Å². The quantitative estimate of drug-likeness (QED) is 0.684. The van der Waals surface area contributed by atoms with E-state index in [9.17, 15) is 4.79 Å². The molecule has 0 aliphatic heterocycles. The van der Waals surface area contributed by atoms with Crippen LogP contribution in [0.5, 0.6) is 0 Å². The number of ether oxygens (including phenoxy) is 1. The zero-order valence-corrected chi connectivity index (χ0v) is 11.2. The van der Waals surface area contributed by atoms with Gasteiger partial charge in [-0.05, 0) is 19.1 Å². The van der Waals surface area contributed by atoms with Crippen LogP contribution >= 0.6 is 28.1 Å². The van der Waals surface area contributed by atoms with Gasteiger partial charge in [-0.1, -0.05) is 40.3 Å². The number of rotatable bonds is 4. The van der Waals surface area contributed by atoms with Crippen molar-refractivity contribution < 1.29 is 9.53 Å². The van der Waals surface area contributed by atoms with E-state index >= 15 is 0 Å². The molecule has 1 rings (SSSR count). The average Bonchev–Trinajstić information content (AvgIpc) is 2.26. The van der Waals surface area contributed by atoms with Crippen molar-refractivity contribution in [3.8, 4) is 0 Å². The Hall–Kier alpha value is -0.940. The van der Waals surface area contributed by atoms with Crippen LogP contribution in [0.2, 0.25) is 0 Å². The number of hydrogen-bond acceptors (Lipinski definition) is 3. The second-order valence-corrected chi connectivity index (χ2v) is 4.32. The van der Waals surface area contributed by atoms with Gasteiger partial charge in [0.1, 0.15) is 11.5 Å². The Labute approximate surface area is 108 Å². The van der Waals surface area contributed by atoms with Crippen LogP contribution in [-0.2, 0) is 9.53 Å².